The number of benzene rings is 3. The predicted octanol–water partition coefficient (Wildman–Crippen LogP) is 5.69. The van der Waals surface area contributed by atoms with E-state index in [9.17, 15) is 43.0 Å². The van der Waals surface area contributed by atoms with Crippen molar-refractivity contribution in [2.75, 3.05) is 24.6 Å². The zero-order chi connectivity index (χ0) is 31.4. The molecular formula is C28H25F5N4O6. The van der Waals surface area contributed by atoms with Crippen molar-refractivity contribution in [1.29, 1.82) is 0 Å². The van der Waals surface area contributed by atoms with E-state index in [2.05, 4.69) is 9.97 Å². The SMILES string of the molecule is CC(O)c1c(F)ccc2cc(O)cc(-c3c([N+](=O)[O-])cc4c(N5CCCC(C)(O)C5)nc(OCC(F)(F)F)nc4c3F)c12. The van der Waals surface area contributed by atoms with Crippen molar-refractivity contribution in [3.63, 3.8) is 0 Å². The number of aliphatic hydroxyl groups excluding tert-OH is 1. The van der Waals surface area contributed by atoms with Crippen LogP contribution in [0.25, 0.3) is 32.8 Å². The van der Waals surface area contributed by atoms with E-state index in [1.165, 1.54) is 30.9 Å². The molecule has 1 aliphatic heterocycles. The summed E-state index contributed by atoms with van der Waals surface area (Å²) >= 11 is 0. The van der Waals surface area contributed by atoms with Crippen LogP contribution in [-0.4, -0.2) is 61.7 Å². The molecule has 43 heavy (non-hydrogen) atoms. The molecule has 5 rings (SSSR count). The number of piperidine rings is 1. The second kappa shape index (κ2) is 10.7. The summed E-state index contributed by atoms with van der Waals surface area (Å²) in [6.45, 7) is 1.09. The number of nitro groups is 1. The third-order valence-electron chi connectivity index (χ3n) is 7.18. The number of hydrogen-bond acceptors (Lipinski definition) is 9. The highest BCUT2D eigenvalue weighted by atomic mass is 19.4. The van der Waals surface area contributed by atoms with Crippen LogP contribution in [0.1, 0.15) is 38.4 Å². The summed E-state index contributed by atoms with van der Waals surface area (Å²) in [6, 6.07) is 4.44. The smallest absolute Gasteiger partial charge is 0.422 e. The highest BCUT2D eigenvalue weighted by molar-refractivity contribution is 6.06. The Hall–Kier alpha value is -4.37. The largest absolute Gasteiger partial charge is 0.508 e. The van der Waals surface area contributed by atoms with E-state index in [0.29, 0.717) is 12.8 Å². The fourth-order valence-corrected chi connectivity index (χ4v) is 5.49. The first-order valence-corrected chi connectivity index (χ1v) is 13.1. The molecule has 15 heteroatoms. The molecule has 228 valence electrons. The number of anilines is 1. The first-order chi connectivity index (χ1) is 20.1. The molecule has 2 unspecified atom stereocenters. The van der Waals surface area contributed by atoms with Crippen LogP contribution in [0.3, 0.4) is 0 Å². The van der Waals surface area contributed by atoms with Gasteiger partial charge in [0.05, 0.1) is 27.6 Å². The number of ether oxygens (including phenoxy) is 1. The lowest BCUT2D eigenvalue weighted by Gasteiger charge is -2.38. The molecule has 0 saturated carbocycles. The number of nitrogens with zero attached hydrogens (tertiary/aromatic N) is 4. The molecule has 0 radical (unpaired) electrons. The standard InChI is InChI=1S/C28H25F5N4O6/c1-13(38)20-18(29)5-4-14-8-15(39)9-16(21(14)20)22-19(37(41)42)10-17-24(23(22)30)34-26(43-12-28(31,32)33)35-25(17)36-7-3-6-27(2,40)11-36/h4-5,8-10,13,38-40H,3,6-7,11-12H2,1-2H3. The van der Waals surface area contributed by atoms with Crippen molar-refractivity contribution < 1.29 is 46.9 Å². The first kappa shape index (κ1) is 30.1. The van der Waals surface area contributed by atoms with Crippen LogP contribution in [0.15, 0.2) is 30.3 Å². The highest BCUT2D eigenvalue weighted by Gasteiger charge is 2.35. The maximum Gasteiger partial charge on any atom is 0.422 e. The third-order valence-corrected chi connectivity index (χ3v) is 7.18. The minimum Gasteiger partial charge on any atom is -0.508 e. The summed E-state index contributed by atoms with van der Waals surface area (Å²) in [5.74, 6) is -2.95. The zero-order valence-electron chi connectivity index (χ0n) is 22.7. The van der Waals surface area contributed by atoms with Gasteiger partial charge >= 0.3 is 12.2 Å². The van der Waals surface area contributed by atoms with Crippen molar-refractivity contribution >= 4 is 33.2 Å². The number of fused-ring (bicyclic) bond motifs is 2. The summed E-state index contributed by atoms with van der Waals surface area (Å²) in [6.07, 6.45) is -5.45. The molecule has 1 aliphatic rings. The average molecular weight is 609 g/mol. The third kappa shape index (κ3) is 5.82. The van der Waals surface area contributed by atoms with Gasteiger partial charge in [0.15, 0.2) is 12.4 Å². The lowest BCUT2D eigenvalue weighted by atomic mass is 9.90. The number of β-amino-alcohol motifs (C(OH)–C–C–N with tert-alkyl or cyclic N) is 1. The van der Waals surface area contributed by atoms with Gasteiger partial charge in [-0.2, -0.15) is 23.1 Å². The van der Waals surface area contributed by atoms with E-state index >= 15 is 4.39 Å². The zero-order valence-corrected chi connectivity index (χ0v) is 22.7. The van der Waals surface area contributed by atoms with Gasteiger partial charge in [-0.25, -0.2) is 8.78 Å². The molecule has 0 spiro atoms. The predicted molar refractivity (Wildman–Crippen MR) is 145 cm³/mol. The number of phenols is 1. The summed E-state index contributed by atoms with van der Waals surface area (Å²) in [7, 11) is 0. The number of hydrogen-bond donors (Lipinski definition) is 3. The van der Waals surface area contributed by atoms with Gasteiger partial charge in [-0.15, -0.1) is 0 Å². The van der Waals surface area contributed by atoms with E-state index in [0.717, 1.165) is 18.2 Å². The normalized spacial score (nSPS) is 18.3. The Morgan fingerprint density at radius 3 is 2.56 bits per heavy atom. The molecule has 2 heterocycles. The number of nitro benzene ring substituents is 1. The van der Waals surface area contributed by atoms with Crippen LogP contribution in [0.4, 0.5) is 33.5 Å². The Morgan fingerprint density at radius 1 is 1.21 bits per heavy atom. The fraction of sp³-hybridized carbons (Fsp3) is 0.357. The van der Waals surface area contributed by atoms with Crippen molar-refractivity contribution in [3.05, 3.63) is 57.6 Å². The molecule has 2 atom stereocenters. The van der Waals surface area contributed by atoms with Crippen molar-refractivity contribution in [2.24, 2.45) is 0 Å². The second-order valence-corrected chi connectivity index (χ2v) is 10.7. The molecule has 3 N–H and O–H groups in total. The van der Waals surface area contributed by atoms with Gasteiger partial charge in [-0.05, 0) is 55.7 Å². The summed E-state index contributed by atoms with van der Waals surface area (Å²) < 4.78 is 75.3. The summed E-state index contributed by atoms with van der Waals surface area (Å²) in [4.78, 5) is 20.8. The molecule has 10 nitrogen and oxygen atoms in total. The molecule has 1 saturated heterocycles. The average Bonchev–Trinajstić information content (AvgIpc) is 2.90. The van der Waals surface area contributed by atoms with Gasteiger partial charge in [0.2, 0.25) is 0 Å². The topological polar surface area (TPSA) is 142 Å². The van der Waals surface area contributed by atoms with Gasteiger partial charge in [-0.3, -0.25) is 10.1 Å². The number of aromatic hydroxyl groups is 1. The maximum atomic E-state index is 16.6. The molecule has 1 aromatic heterocycles. The Morgan fingerprint density at radius 2 is 1.93 bits per heavy atom. The van der Waals surface area contributed by atoms with Crippen molar-refractivity contribution in [2.45, 2.75) is 44.6 Å². The lowest BCUT2D eigenvalue weighted by Crippen LogP contribution is -2.46. The highest BCUT2D eigenvalue weighted by Crippen LogP contribution is 2.46. The van der Waals surface area contributed by atoms with Crippen LogP contribution >= 0.6 is 0 Å². The van der Waals surface area contributed by atoms with E-state index in [-0.39, 0.29) is 46.2 Å². The van der Waals surface area contributed by atoms with E-state index in [1.807, 2.05) is 0 Å². The first-order valence-electron chi connectivity index (χ1n) is 13.1. The van der Waals surface area contributed by atoms with Gasteiger partial charge < -0.3 is 25.0 Å². The number of alkyl halides is 3. The molecule has 0 aliphatic carbocycles. The van der Waals surface area contributed by atoms with Crippen molar-refractivity contribution in [3.8, 4) is 22.9 Å². The molecule has 0 bridgehead atoms. The molecule has 0 amide bonds. The summed E-state index contributed by atoms with van der Waals surface area (Å²) in [5.41, 5.74) is -4.21. The number of halogens is 5. The Bertz CT molecular complexity index is 1760. The van der Waals surface area contributed by atoms with E-state index in [4.69, 9.17) is 4.74 Å². The fourth-order valence-electron chi connectivity index (χ4n) is 5.49. The minimum absolute atomic E-state index is 0.0801. The second-order valence-electron chi connectivity index (χ2n) is 10.7. The van der Waals surface area contributed by atoms with Gasteiger partial charge in [-0.1, -0.05) is 6.07 Å². The van der Waals surface area contributed by atoms with Crippen LogP contribution in [0, 0.1) is 21.7 Å². The van der Waals surface area contributed by atoms with E-state index in [1.54, 1.807) is 0 Å². The van der Waals surface area contributed by atoms with Crippen LogP contribution in [0.2, 0.25) is 0 Å². The van der Waals surface area contributed by atoms with Crippen LogP contribution in [-0.2, 0) is 0 Å². The lowest BCUT2D eigenvalue weighted by molar-refractivity contribution is -0.384. The molecule has 1 fully saturated rings. The van der Waals surface area contributed by atoms with Crippen LogP contribution < -0.4 is 9.64 Å². The van der Waals surface area contributed by atoms with Gasteiger partial charge in [0.1, 0.15) is 22.9 Å². The Kier molecular flexibility index (Phi) is 7.50. The monoisotopic (exact) mass is 608 g/mol. The Balaban J connectivity index is 1.88. The quantitative estimate of drug-likeness (QED) is 0.143. The number of aromatic nitrogens is 2. The number of phenolic OH excluding ortho intramolecular Hbond substituents is 1. The van der Waals surface area contributed by atoms with Gasteiger partial charge in [0, 0.05) is 30.3 Å². The Labute approximate surface area is 240 Å². The molecule has 3 aromatic carbocycles. The minimum atomic E-state index is -4.80. The summed E-state index contributed by atoms with van der Waals surface area (Å²) in [5, 5.41) is 43.5. The number of rotatable bonds is 6. The van der Waals surface area contributed by atoms with E-state index < -0.39 is 69.6 Å². The maximum absolute atomic E-state index is 16.6. The van der Waals surface area contributed by atoms with Crippen LogP contribution in [0.5, 0.6) is 11.8 Å². The molecule has 4 aromatic rings. The molecular weight excluding hydrogens is 583 g/mol. The van der Waals surface area contributed by atoms with Gasteiger partial charge in [0.25, 0.3) is 5.69 Å². The van der Waals surface area contributed by atoms with Crippen molar-refractivity contribution in [1.82, 2.24) is 9.97 Å². The number of aliphatic hydroxyl groups is 2.